The molecular weight excluding hydrogens is 614 g/mol. The van der Waals surface area contributed by atoms with Crippen molar-refractivity contribution in [2.24, 2.45) is 0 Å². The van der Waals surface area contributed by atoms with Gasteiger partial charge in [-0.1, -0.05) is 190 Å². The molecule has 1 aliphatic carbocycles. The Morgan fingerprint density at radius 2 is 0.604 bits per heavy atom. The van der Waals surface area contributed by atoms with E-state index in [1.807, 2.05) is 0 Å². The summed E-state index contributed by atoms with van der Waals surface area (Å²) in [6.45, 7) is 42.8. The van der Waals surface area contributed by atoms with Crippen molar-refractivity contribution in [2.75, 3.05) is 0 Å². The van der Waals surface area contributed by atoms with Gasteiger partial charge in [-0.25, -0.2) is 0 Å². The van der Waals surface area contributed by atoms with E-state index in [2.05, 4.69) is 185 Å². The monoisotopic (exact) mass is 678 g/mol. The Morgan fingerprint density at radius 1 is 0.354 bits per heavy atom. The Bertz CT molecular complexity index is 1670. The second kappa shape index (κ2) is 12.8. The minimum absolute atomic E-state index is 0.0138. The first-order valence-corrected chi connectivity index (χ1v) is 19.7. The lowest BCUT2D eigenvalue weighted by atomic mass is 9.75. The average molecular weight is 679 g/mol. The van der Waals surface area contributed by atoms with Crippen molar-refractivity contribution >= 4 is 49.8 Å². The van der Waals surface area contributed by atoms with E-state index in [1.165, 1.54) is 81.4 Å². The van der Waals surface area contributed by atoms with Gasteiger partial charge >= 0.3 is 0 Å². The predicted octanol–water partition coefficient (Wildman–Crippen LogP) is 10.9. The second-order valence-electron chi connectivity index (χ2n) is 20.3. The largest absolute Gasteiger partial charge is 0.0616 e. The highest BCUT2D eigenvalue weighted by Crippen LogP contribution is 2.38. The van der Waals surface area contributed by atoms with Crippen LogP contribution in [0.15, 0.2) is 48.5 Å². The molecule has 0 saturated carbocycles. The van der Waals surface area contributed by atoms with Crippen LogP contribution >= 0.6 is 16.4 Å². The Morgan fingerprint density at radius 3 is 0.812 bits per heavy atom. The predicted molar refractivity (Wildman–Crippen MR) is 223 cm³/mol. The Hall–Kier alpha value is -2.26. The topological polar surface area (TPSA) is 0 Å². The van der Waals surface area contributed by atoms with Gasteiger partial charge < -0.3 is 0 Å². The van der Waals surface area contributed by atoms with Crippen molar-refractivity contribution in [1.82, 2.24) is 0 Å². The van der Waals surface area contributed by atoms with Gasteiger partial charge in [-0.05, 0) is 88.5 Å². The maximum Gasteiger partial charge on any atom is 0.0149 e. The van der Waals surface area contributed by atoms with E-state index in [0.29, 0.717) is 0 Å². The summed E-state index contributed by atoms with van der Waals surface area (Å²) in [5.74, 6) is 0. The van der Waals surface area contributed by atoms with Crippen molar-refractivity contribution in [3.63, 3.8) is 0 Å². The molecule has 0 aromatic heterocycles. The quantitative estimate of drug-likeness (QED) is 0.237. The van der Waals surface area contributed by atoms with Crippen LogP contribution in [0.25, 0.3) is 12.2 Å². The maximum atomic E-state index is 2.52. The molecule has 0 nitrogen and oxygen atoms in total. The molecule has 0 N–H and O–H groups in total. The maximum absolute atomic E-state index is 2.52. The molecule has 3 aromatic carbocycles. The summed E-state index contributed by atoms with van der Waals surface area (Å²) >= 11 is 0. The minimum atomic E-state index is 0.0138. The molecule has 0 aliphatic heterocycles. The molecule has 0 amide bonds. The van der Waals surface area contributed by atoms with Gasteiger partial charge in [-0.3, -0.25) is 0 Å². The molecule has 3 aromatic rings. The second-order valence-corrected chi connectivity index (χ2v) is 22.6. The highest BCUT2D eigenvalue weighted by Gasteiger charge is 2.31. The molecule has 1 aliphatic rings. The van der Waals surface area contributed by atoms with Gasteiger partial charge in [0.1, 0.15) is 0 Å². The normalized spacial score (nSPS) is 16.5. The van der Waals surface area contributed by atoms with Crippen molar-refractivity contribution in [2.45, 2.75) is 157 Å². The van der Waals surface area contributed by atoms with Crippen LogP contribution in [0.2, 0.25) is 0 Å². The molecule has 0 fully saturated rings. The van der Waals surface area contributed by atoms with E-state index in [9.17, 15) is 0 Å². The van der Waals surface area contributed by atoms with Crippen molar-refractivity contribution in [3.05, 3.63) is 92.3 Å². The van der Waals surface area contributed by atoms with E-state index >= 15 is 0 Å². The van der Waals surface area contributed by atoms with Crippen molar-refractivity contribution in [1.29, 1.82) is 0 Å². The van der Waals surface area contributed by atoms with Crippen LogP contribution in [-0.4, -0.2) is 10.6 Å². The van der Waals surface area contributed by atoms with E-state index in [1.54, 1.807) is 0 Å². The first kappa shape index (κ1) is 38.5. The number of hydrogen-bond acceptors (Lipinski definition) is 0. The van der Waals surface area contributed by atoms with Gasteiger partial charge in [0.15, 0.2) is 0 Å². The minimum Gasteiger partial charge on any atom is -0.0616 e. The summed E-state index contributed by atoms with van der Waals surface area (Å²) in [6, 6.07) is 19.0. The van der Waals surface area contributed by atoms with Crippen LogP contribution in [-0.2, 0) is 32.5 Å². The molecule has 258 valence electrons. The first-order valence-electron chi connectivity index (χ1n) is 17.9. The van der Waals surface area contributed by atoms with Gasteiger partial charge in [-0.15, -0.1) is 0 Å². The molecule has 2 heteroatoms. The Kier molecular flexibility index (Phi) is 10.3. The molecule has 0 unspecified atom stereocenters. The third kappa shape index (κ3) is 8.54. The van der Waals surface area contributed by atoms with E-state index in [-0.39, 0.29) is 32.5 Å². The smallest absolute Gasteiger partial charge is 0.0149 e. The number of benzene rings is 3. The Balaban J connectivity index is 2.21. The fraction of sp³-hybridized carbons (Fsp3) is 0.522. The lowest BCUT2D eigenvalue weighted by Gasteiger charge is -2.33. The highest BCUT2D eigenvalue weighted by molar-refractivity contribution is 7.62. The van der Waals surface area contributed by atoms with Crippen molar-refractivity contribution in [3.8, 4) is 0 Å². The standard InChI is InChI=1S/C46H64P2/c1-41(2,3)31-25-33(43(7,8)9)39(34(26-31)44(10,11)12)47-37-23-29-21-19-20-22-30(29)24-38(37)48-40-35(45(13,14)15)27-32(42(4,5)6)28-36(40)46(16,17)18/h19-28H,1-18H3. The summed E-state index contributed by atoms with van der Waals surface area (Å²) in [4.78, 5) is 0. The SMILES string of the molecule is CC(C)(C)c1cc(C(C)(C)C)c(P=C2C=c3ccccc3=CC2=Pc2c(C(C)(C)C)cc(C(C)(C)C)cc2C(C)(C)C)c(C(C)(C)C)c1. The fourth-order valence-electron chi connectivity index (χ4n) is 6.30. The fourth-order valence-corrected chi connectivity index (χ4v) is 9.93. The van der Waals surface area contributed by atoms with Crippen LogP contribution in [0, 0.1) is 0 Å². The summed E-state index contributed by atoms with van der Waals surface area (Å²) < 4.78 is 0. The summed E-state index contributed by atoms with van der Waals surface area (Å²) in [7, 11) is 2.57. The molecule has 0 spiro atoms. The first-order chi connectivity index (χ1) is 21.6. The highest BCUT2D eigenvalue weighted by atomic mass is 31.1. The van der Waals surface area contributed by atoms with Crippen LogP contribution in [0.5, 0.6) is 0 Å². The summed E-state index contributed by atoms with van der Waals surface area (Å²) in [5, 5.41) is 8.41. The summed E-state index contributed by atoms with van der Waals surface area (Å²) in [6.07, 6.45) is 4.99. The van der Waals surface area contributed by atoms with Crippen molar-refractivity contribution < 1.29 is 0 Å². The number of rotatable bonds is 2. The zero-order valence-corrected chi connectivity index (χ0v) is 35.5. The molecule has 0 radical (unpaired) electrons. The van der Waals surface area contributed by atoms with E-state index in [4.69, 9.17) is 0 Å². The van der Waals surface area contributed by atoms with Gasteiger partial charge in [-0.2, -0.15) is 0 Å². The molecular formula is C46H64P2. The zero-order chi connectivity index (χ0) is 36.4. The van der Waals surface area contributed by atoms with Gasteiger partial charge in [0.2, 0.25) is 0 Å². The zero-order valence-electron chi connectivity index (χ0n) is 33.7. The molecule has 48 heavy (non-hydrogen) atoms. The third-order valence-electron chi connectivity index (χ3n) is 9.49. The molecule has 0 heterocycles. The van der Waals surface area contributed by atoms with Gasteiger partial charge in [0, 0.05) is 21.2 Å². The van der Waals surface area contributed by atoms with Crippen LogP contribution in [0.1, 0.15) is 158 Å². The van der Waals surface area contributed by atoms with Gasteiger partial charge in [0.25, 0.3) is 0 Å². The molecule has 4 rings (SSSR count). The van der Waals surface area contributed by atoms with Crippen LogP contribution in [0.3, 0.4) is 0 Å². The molecule has 0 atom stereocenters. The third-order valence-corrected chi connectivity index (χ3v) is 12.3. The average Bonchev–Trinajstić information content (AvgIpc) is 2.89. The molecule has 0 bridgehead atoms. The van der Waals surface area contributed by atoms with E-state index in [0.717, 1.165) is 0 Å². The van der Waals surface area contributed by atoms with Crippen LogP contribution in [0.4, 0.5) is 0 Å². The lowest BCUT2D eigenvalue weighted by molar-refractivity contribution is 0.553. The number of hydrogen-bond donors (Lipinski definition) is 0. The number of fused-ring (bicyclic) bond motifs is 1. The summed E-state index contributed by atoms with van der Waals surface area (Å²) in [5.41, 5.74) is 8.95. The Labute approximate surface area is 298 Å². The van der Waals surface area contributed by atoms with Crippen LogP contribution < -0.4 is 21.0 Å². The molecule has 0 saturated heterocycles. The lowest BCUT2D eigenvalue weighted by Crippen LogP contribution is -2.34. The van der Waals surface area contributed by atoms with Gasteiger partial charge in [0.05, 0.1) is 0 Å². The van der Waals surface area contributed by atoms with E-state index < -0.39 is 0 Å².